The Bertz CT molecular complexity index is 1330. The smallest absolute Gasteiger partial charge is 0.264 e. The van der Waals surface area contributed by atoms with Gasteiger partial charge in [0.15, 0.2) is 0 Å². The van der Waals surface area contributed by atoms with Crippen LogP contribution in [0.4, 0.5) is 5.69 Å². The summed E-state index contributed by atoms with van der Waals surface area (Å²) in [6.07, 6.45) is 0.746. The van der Waals surface area contributed by atoms with E-state index in [0.29, 0.717) is 5.69 Å². The van der Waals surface area contributed by atoms with Crippen molar-refractivity contribution in [3.05, 3.63) is 94.5 Å². The molecule has 0 bridgehead atoms. The first kappa shape index (κ1) is 29.4. The summed E-state index contributed by atoms with van der Waals surface area (Å²) in [5.41, 5.74) is 2.15. The van der Waals surface area contributed by atoms with Crippen LogP contribution in [-0.4, -0.2) is 43.8 Å². The van der Waals surface area contributed by atoms with E-state index in [-0.39, 0.29) is 23.4 Å². The maximum atomic E-state index is 13.9. The van der Waals surface area contributed by atoms with Crippen LogP contribution in [0.2, 0.25) is 0 Å². The number of halogens is 1. The molecule has 38 heavy (non-hydrogen) atoms. The predicted octanol–water partition coefficient (Wildman–Crippen LogP) is 5.28. The monoisotopic (exact) mass is 599 g/mol. The first-order valence-corrected chi connectivity index (χ1v) is 14.7. The first-order valence-electron chi connectivity index (χ1n) is 12.5. The highest BCUT2D eigenvalue weighted by Gasteiger charge is 2.32. The van der Waals surface area contributed by atoms with Gasteiger partial charge in [0.25, 0.3) is 10.0 Å². The van der Waals surface area contributed by atoms with Crippen molar-refractivity contribution in [2.24, 2.45) is 0 Å². The fourth-order valence-corrected chi connectivity index (χ4v) is 5.49. The molecule has 3 rings (SSSR count). The fourth-order valence-electron chi connectivity index (χ4n) is 3.79. The molecule has 2 atom stereocenters. The largest absolute Gasteiger partial charge is 0.352 e. The molecule has 3 aromatic rings. The lowest BCUT2D eigenvalue weighted by atomic mass is 10.1. The third-order valence-corrected chi connectivity index (χ3v) is 8.68. The van der Waals surface area contributed by atoms with E-state index < -0.39 is 28.5 Å². The molecule has 0 saturated carbocycles. The molecule has 3 aromatic carbocycles. The molecular formula is C29H34BrN3O4S. The molecule has 0 aliphatic rings. The second kappa shape index (κ2) is 13.1. The molecule has 2 amide bonds. The summed E-state index contributed by atoms with van der Waals surface area (Å²) < 4.78 is 29.5. The first-order chi connectivity index (χ1) is 18.0. The SMILES string of the molecule is CC[C@H](C)NC(=O)[C@H](C)N(Cc1ccc(Br)cc1)C(=O)CN(c1ccc(C)cc1)S(=O)(=O)c1ccccc1. The molecule has 202 valence electrons. The zero-order chi connectivity index (χ0) is 27.9. The number of anilines is 1. The molecule has 0 saturated heterocycles. The summed E-state index contributed by atoms with van der Waals surface area (Å²) in [4.78, 5) is 28.5. The van der Waals surface area contributed by atoms with Crippen LogP contribution >= 0.6 is 15.9 Å². The van der Waals surface area contributed by atoms with Crippen molar-refractivity contribution in [2.45, 2.75) is 57.6 Å². The lowest BCUT2D eigenvalue weighted by Gasteiger charge is -2.32. The van der Waals surface area contributed by atoms with E-state index in [4.69, 9.17) is 0 Å². The van der Waals surface area contributed by atoms with E-state index in [1.807, 2.05) is 45.0 Å². The van der Waals surface area contributed by atoms with Gasteiger partial charge in [-0.1, -0.05) is 70.9 Å². The van der Waals surface area contributed by atoms with E-state index in [1.165, 1.54) is 17.0 Å². The molecule has 0 spiro atoms. The number of amides is 2. The molecule has 0 fully saturated rings. The van der Waals surface area contributed by atoms with Gasteiger partial charge < -0.3 is 10.2 Å². The summed E-state index contributed by atoms with van der Waals surface area (Å²) in [5, 5.41) is 2.93. The predicted molar refractivity (Wildman–Crippen MR) is 154 cm³/mol. The van der Waals surface area contributed by atoms with Crippen LogP contribution in [0.3, 0.4) is 0 Å². The van der Waals surface area contributed by atoms with Gasteiger partial charge in [0.05, 0.1) is 10.6 Å². The number of hydrogen-bond donors (Lipinski definition) is 1. The van der Waals surface area contributed by atoms with Gasteiger partial charge in [0, 0.05) is 17.1 Å². The van der Waals surface area contributed by atoms with Gasteiger partial charge >= 0.3 is 0 Å². The summed E-state index contributed by atoms with van der Waals surface area (Å²) in [7, 11) is -4.06. The van der Waals surface area contributed by atoms with Crippen molar-refractivity contribution < 1.29 is 18.0 Å². The quantitative estimate of drug-likeness (QED) is 0.324. The lowest BCUT2D eigenvalue weighted by molar-refractivity contribution is -0.139. The molecule has 0 aromatic heterocycles. The number of benzene rings is 3. The summed E-state index contributed by atoms with van der Waals surface area (Å²) >= 11 is 3.42. The maximum Gasteiger partial charge on any atom is 0.264 e. The second-order valence-electron chi connectivity index (χ2n) is 9.30. The van der Waals surface area contributed by atoms with E-state index in [1.54, 1.807) is 49.4 Å². The van der Waals surface area contributed by atoms with Gasteiger partial charge in [-0.25, -0.2) is 8.42 Å². The van der Waals surface area contributed by atoms with Crippen molar-refractivity contribution in [3.63, 3.8) is 0 Å². The van der Waals surface area contributed by atoms with Gasteiger partial charge in [0.1, 0.15) is 12.6 Å². The van der Waals surface area contributed by atoms with E-state index in [0.717, 1.165) is 26.3 Å². The summed E-state index contributed by atoms with van der Waals surface area (Å²) in [5.74, 6) is -0.780. The Morgan fingerprint density at radius 2 is 1.53 bits per heavy atom. The number of aryl methyl sites for hydroxylation is 1. The maximum absolute atomic E-state index is 13.9. The minimum absolute atomic E-state index is 0.0582. The van der Waals surface area contributed by atoms with Gasteiger partial charge in [-0.2, -0.15) is 0 Å². The molecule has 1 N–H and O–H groups in total. The Balaban J connectivity index is 2.00. The van der Waals surface area contributed by atoms with Gasteiger partial charge in [0.2, 0.25) is 11.8 Å². The average molecular weight is 601 g/mol. The van der Waals surface area contributed by atoms with Gasteiger partial charge in [-0.3, -0.25) is 13.9 Å². The van der Waals surface area contributed by atoms with Crippen molar-refractivity contribution >= 4 is 43.5 Å². The van der Waals surface area contributed by atoms with Crippen LogP contribution in [0, 0.1) is 6.92 Å². The highest BCUT2D eigenvalue weighted by atomic mass is 79.9. The molecule has 9 heteroatoms. The number of sulfonamides is 1. The van der Waals surface area contributed by atoms with Crippen molar-refractivity contribution in [2.75, 3.05) is 10.8 Å². The van der Waals surface area contributed by atoms with Crippen LogP contribution in [0.15, 0.2) is 88.2 Å². The minimum atomic E-state index is -4.06. The number of hydrogen-bond acceptors (Lipinski definition) is 4. The molecule has 0 aliphatic heterocycles. The number of rotatable bonds is 11. The Morgan fingerprint density at radius 1 is 0.921 bits per heavy atom. The Labute approximate surface area is 234 Å². The van der Waals surface area contributed by atoms with Crippen LogP contribution in [-0.2, 0) is 26.2 Å². The summed E-state index contributed by atoms with van der Waals surface area (Å²) in [6.45, 7) is 7.12. The van der Waals surface area contributed by atoms with Crippen LogP contribution in [0.25, 0.3) is 0 Å². The number of nitrogens with one attached hydrogen (secondary N) is 1. The molecule has 0 radical (unpaired) electrons. The lowest BCUT2D eigenvalue weighted by Crippen LogP contribution is -2.52. The van der Waals surface area contributed by atoms with Crippen molar-refractivity contribution in [3.8, 4) is 0 Å². The highest BCUT2D eigenvalue weighted by molar-refractivity contribution is 9.10. The molecule has 0 unspecified atom stereocenters. The second-order valence-corrected chi connectivity index (χ2v) is 12.1. The molecule has 0 aliphatic carbocycles. The third kappa shape index (κ3) is 7.45. The van der Waals surface area contributed by atoms with Gasteiger partial charge in [-0.05, 0) is 69.2 Å². The summed E-state index contributed by atoms with van der Waals surface area (Å²) in [6, 6.07) is 21.6. The van der Waals surface area contributed by atoms with Crippen molar-refractivity contribution in [1.82, 2.24) is 10.2 Å². The topological polar surface area (TPSA) is 86.8 Å². The zero-order valence-electron chi connectivity index (χ0n) is 22.1. The third-order valence-electron chi connectivity index (χ3n) is 6.37. The Kier molecular flexibility index (Phi) is 10.1. The number of carbonyl (C=O) groups is 2. The molecule has 7 nitrogen and oxygen atoms in total. The molecular weight excluding hydrogens is 566 g/mol. The van der Waals surface area contributed by atoms with E-state index in [9.17, 15) is 18.0 Å². The Morgan fingerprint density at radius 3 is 2.11 bits per heavy atom. The zero-order valence-corrected chi connectivity index (χ0v) is 24.5. The standard InChI is InChI=1S/C29H34BrN3O4S/c1-5-22(3)31-29(35)23(4)32(19-24-13-15-25(30)16-14-24)28(34)20-33(26-17-11-21(2)12-18-26)38(36,37)27-9-7-6-8-10-27/h6-18,22-23H,5,19-20H2,1-4H3,(H,31,35)/t22-,23-/m0/s1. The van der Waals surface area contributed by atoms with E-state index >= 15 is 0 Å². The fraction of sp³-hybridized carbons (Fsp3) is 0.310. The highest BCUT2D eigenvalue weighted by Crippen LogP contribution is 2.25. The molecule has 0 heterocycles. The Hall–Kier alpha value is -3.17. The van der Waals surface area contributed by atoms with Crippen LogP contribution in [0.1, 0.15) is 38.3 Å². The number of carbonyl (C=O) groups excluding carboxylic acids is 2. The normalized spacial score (nSPS) is 12.9. The number of nitrogens with zero attached hydrogens (tertiary/aromatic N) is 2. The van der Waals surface area contributed by atoms with Crippen molar-refractivity contribution in [1.29, 1.82) is 0 Å². The average Bonchev–Trinajstić information content (AvgIpc) is 2.91. The minimum Gasteiger partial charge on any atom is -0.352 e. The van der Waals surface area contributed by atoms with Crippen LogP contribution in [0.5, 0.6) is 0 Å². The van der Waals surface area contributed by atoms with E-state index in [2.05, 4.69) is 21.2 Å². The van der Waals surface area contributed by atoms with Gasteiger partial charge in [-0.15, -0.1) is 0 Å². The van der Waals surface area contributed by atoms with Crippen LogP contribution < -0.4 is 9.62 Å².